The van der Waals surface area contributed by atoms with Crippen LogP contribution in [0.1, 0.15) is 11.1 Å². The van der Waals surface area contributed by atoms with Crippen LogP contribution in [0.4, 0.5) is 10.1 Å². The van der Waals surface area contributed by atoms with Crippen molar-refractivity contribution in [1.82, 2.24) is 19.7 Å². The highest BCUT2D eigenvalue weighted by molar-refractivity contribution is 7.99. The summed E-state index contributed by atoms with van der Waals surface area (Å²) in [7, 11) is 0. The summed E-state index contributed by atoms with van der Waals surface area (Å²) in [5.41, 5.74) is 3.44. The number of hydrogen-bond donors (Lipinski definition) is 1. The number of thioether (sulfide) groups is 1. The molecule has 9 heteroatoms. The number of halogens is 2. The lowest BCUT2D eigenvalue weighted by molar-refractivity contribution is -0.113. The number of pyridine rings is 1. The van der Waals surface area contributed by atoms with Gasteiger partial charge in [0.2, 0.25) is 5.91 Å². The van der Waals surface area contributed by atoms with Gasteiger partial charge in [-0.05, 0) is 61.4 Å². The first-order valence-corrected chi connectivity index (χ1v) is 11.1. The molecule has 2 aromatic carbocycles. The van der Waals surface area contributed by atoms with E-state index in [-0.39, 0.29) is 17.5 Å². The van der Waals surface area contributed by atoms with Gasteiger partial charge in [0.1, 0.15) is 5.82 Å². The number of carbonyl (C=O) groups excluding carboxylic acids is 1. The van der Waals surface area contributed by atoms with E-state index in [0.29, 0.717) is 27.3 Å². The average molecular weight is 468 g/mol. The van der Waals surface area contributed by atoms with Crippen molar-refractivity contribution in [3.05, 3.63) is 82.9 Å². The third-order valence-electron chi connectivity index (χ3n) is 4.84. The van der Waals surface area contributed by atoms with Gasteiger partial charge < -0.3 is 5.32 Å². The van der Waals surface area contributed by atoms with Crippen LogP contribution in [-0.4, -0.2) is 31.4 Å². The number of amides is 1. The van der Waals surface area contributed by atoms with Gasteiger partial charge in [0.25, 0.3) is 0 Å². The zero-order chi connectivity index (χ0) is 22.7. The molecular formula is C23H19ClFN5OS. The molecule has 4 aromatic rings. The molecule has 0 unspecified atom stereocenters. The number of nitrogens with one attached hydrogen (secondary N) is 1. The molecule has 2 heterocycles. The van der Waals surface area contributed by atoms with E-state index in [1.807, 2.05) is 41.8 Å². The Balaban J connectivity index is 1.62. The Morgan fingerprint density at radius 2 is 1.91 bits per heavy atom. The van der Waals surface area contributed by atoms with Crippen LogP contribution >= 0.6 is 23.4 Å². The lowest BCUT2D eigenvalue weighted by atomic mass is 10.2. The first-order chi connectivity index (χ1) is 15.4. The van der Waals surface area contributed by atoms with Gasteiger partial charge >= 0.3 is 0 Å². The average Bonchev–Trinajstić information content (AvgIpc) is 3.21. The summed E-state index contributed by atoms with van der Waals surface area (Å²) in [4.78, 5) is 16.5. The molecule has 6 nitrogen and oxygen atoms in total. The number of carbonyl (C=O) groups is 1. The predicted octanol–water partition coefficient (Wildman–Crippen LogP) is 5.47. The Morgan fingerprint density at radius 3 is 2.66 bits per heavy atom. The molecule has 0 saturated heterocycles. The molecule has 2 aromatic heterocycles. The Hall–Kier alpha value is -3.23. The summed E-state index contributed by atoms with van der Waals surface area (Å²) in [6.45, 7) is 3.59. The molecule has 0 spiro atoms. The minimum atomic E-state index is -0.367. The van der Waals surface area contributed by atoms with Crippen molar-refractivity contribution in [3.63, 3.8) is 0 Å². The topological polar surface area (TPSA) is 72.7 Å². The predicted molar refractivity (Wildman–Crippen MR) is 125 cm³/mol. The van der Waals surface area contributed by atoms with E-state index in [1.165, 1.54) is 17.8 Å². The summed E-state index contributed by atoms with van der Waals surface area (Å²) in [6.07, 6.45) is 3.36. The Bertz CT molecular complexity index is 1280. The van der Waals surface area contributed by atoms with Crippen LogP contribution in [-0.2, 0) is 4.79 Å². The Kier molecular flexibility index (Phi) is 6.53. The van der Waals surface area contributed by atoms with E-state index in [2.05, 4.69) is 20.5 Å². The minimum absolute atomic E-state index is 0.0730. The van der Waals surface area contributed by atoms with Crippen LogP contribution in [0.3, 0.4) is 0 Å². The van der Waals surface area contributed by atoms with Crippen LogP contribution < -0.4 is 5.32 Å². The molecule has 0 aliphatic heterocycles. The number of aromatic nitrogens is 4. The molecule has 0 atom stereocenters. The highest BCUT2D eigenvalue weighted by Crippen LogP contribution is 2.31. The summed E-state index contributed by atoms with van der Waals surface area (Å²) in [6, 6.07) is 13.9. The summed E-state index contributed by atoms with van der Waals surface area (Å²) in [5.74, 6) is 0.0415. The fraction of sp³-hybridized carbons (Fsp3) is 0.130. The number of aryl methyl sites for hydroxylation is 1. The molecule has 1 amide bonds. The molecule has 162 valence electrons. The van der Waals surface area contributed by atoms with Crippen molar-refractivity contribution < 1.29 is 9.18 Å². The quantitative estimate of drug-likeness (QED) is 0.381. The molecule has 32 heavy (non-hydrogen) atoms. The van der Waals surface area contributed by atoms with Crippen LogP contribution in [0.2, 0.25) is 5.02 Å². The van der Waals surface area contributed by atoms with E-state index < -0.39 is 0 Å². The van der Waals surface area contributed by atoms with Crippen molar-refractivity contribution in [2.45, 2.75) is 19.0 Å². The van der Waals surface area contributed by atoms with Crippen LogP contribution in [0, 0.1) is 19.7 Å². The van der Waals surface area contributed by atoms with Crippen molar-refractivity contribution >= 4 is 35.0 Å². The fourth-order valence-electron chi connectivity index (χ4n) is 3.10. The molecule has 0 fully saturated rings. The van der Waals surface area contributed by atoms with Crippen molar-refractivity contribution in [3.8, 4) is 17.1 Å². The number of rotatable bonds is 6. The molecule has 0 bridgehead atoms. The Labute approximate surface area is 193 Å². The van der Waals surface area contributed by atoms with Gasteiger partial charge in [-0.15, -0.1) is 10.2 Å². The molecular weight excluding hydrogens is 449 g/mol. The van der Waals surface area contributed by atoms with Gasteiger partial charge in [-0.2, -0.15) is 0 Å². The lowest BCUT2D eigenvalue weighted by Crippen LogP contribution is -2.15. The van der Waals surface area contributed by atoms with E-state index >= 15 is 0 Å². The summed E-state index contributed by atoms with van der Waals surface area (Å²) < 4.78 is 15.6. The third kappa shape index (κ3) is 4.66. The maximum atomic E-state index is 13.8. The zero-order valence-electron chi connectivity index (χ0n) is 17.3. The van der Waals surface area contributed by atoms with E-state index in [1.54, 1.807) is 31.5 Å². The highest BCUT2D eigenvalue weighted by atomic mass is 35.5. The summed E-state index contributed by atoms with van der Waals surface area (Å²) in [5, 5.41) is 12.5. The van der Waals surface area contributed by atoms with E-state index in [4.69, 9.17) is 11.6 Å². The van der Waals surface area contributed by atoms with Gasteiger partial charge in [-0.25, -0.2) is 4.39 Å². The molecule has 0 radical (unpaired) electrons. The number of hydrogen-bond acceptors (Lipinski definition) is 5. The number of nitrogens with zero attached hydrogens (tertiary/aromatic N) is 4. The molecule has 1 N–H and O–H groups in total. The molecule has 0 aliphatic carbocycles. The van der Waals surface area contributed by atoms with E-state index in [0.717, 1.165) is 16.8 Å². The maximum Gasteiger partial charge on any atom is 0.234 e. The lowest BCUT2D eigenvalue weighted by Gasteiger charge is -2.14. The van der Waals surface area contributed by atoms with Gasteiger partial charge in [0.15, 0.2) is 11.0 Å². The second-order valence-electron chi connectivity index (χ2n) is 7.06. The second kappa shape index (κ2) is 9.50. The maximum absolute atomic E-state index is 13.8. The smallest absolute Gasteiger partial charge is 0.234 e. The highest BCUT2D eigenvalue weighted by Gasteiger charge is 2.19. The standard InChI is InChI=1S/C23H19ClFN5OS/c1-14-6-7-17(12-19(14)25)27-21(31)13-32-23-29-28-22(16-8-10-26-11-9-16)30(23)20-5-3-4-18(24)15(20)2/h3-12H,13H2,1-2H3,(H,27,31). The molecule has 0 saturated carbocycles. The first kappa shape index (κ1) is 22.0. The van der Waals surface area contributed by atoms with Crippen LogP contribution in [0.25, 0.3) is 17.1 Å². The SMILES string of the molecule is Cc1ccc(NC(=O)CSc2nnc(-c3ccncc3)n2-c2cccc(Cl)c2C)cc1F. The van der Waals surface area contributed by atoms with Crippen LogP contribution in [0.5, 0.6) is 0 Å². The summed E-state index contributed by atoms with van der Waals surface area (Å²) >= 11 is 7.59. The first-order valence-electron chi connectivity index (χ1n) is 9.74. The van der Waals surface area contributed by atoms with Crippen LogP contribution in [0.15, 0.2) is 66.1 Å². The molecule has 0 aliphatic rings. The number of benzene rings is 2. The Morgan fingerprint density at radius 1 is 1.12 bits per heavy atom. The number of anilines is 1. The largest absolute Gasteiger partial charge is 0.325 e. The van der Waals surface area contributed by atoms with Crippen molar-refractivity contribution in [2.75, 3.05) is 11.1 Å². The second-order valence-corrected chi connectivity index (χ2v) is 8.41. The monoisotopic (exact) mass is 467 g/mol. The van der Waals surface area contributed by atoms with Gasteiger partial charge in [-0.3, -0.25) is 14.3 Å². The zero-order valence-corrected chi connectivity index (χ0v) is 18.9. The van der Waals surface area contributed by atoms with Crippen molar-refractivity contribution in [1.29, 1.82) is 0 Å². The molecule has 4 rings (SSSR count). The van der Waals surface area contributed by atoms with Gasteiger partial charge in [0, 0.05) is 28.7 Å². The third-order valence-corrected chi connectivity index (χ3v) is 6.18. The minimum Gasteiger partial charge on any atom is -0.325 e. The van der Waals surface area contributed by atoms with Gasteiger partial charge in [-0.1, -0.05) is 35.5 Å². The van der Waals surface area contributed by atoms with Gasteiger partial charge in [0.05, 0.1) is 11.4 Å². The fourth-order valence-corrected chi connectivity index (χ4v) is 4.02. The van der Waals surface area contributed by atoms with Crippen molar-refractivity contribution in [2.24, 2.45) is 0 Å². The van der Waals surface area contributed by atoms with E-state index in [9.17, 15) is 9.18 Å². The normalized spacial score (nSPS) is 10.9.